The molecule has 1 aromatic rings. The van der Waals surface area contributed by atoms with E-state index >= 15 is 0 Å². The van der Waals surface area contributed by atoms with Gasteiger partial charge in [-0.1, -0.05) is 13.8 Å². The number of hydrogen-bond acceptors (Lipinski definition) is 4. The molecule has 0 fully saturated rings. The first kappa shape index (κ1) is 15.0. The highest BCUT2D eigenvalue weighted by Crippen LogP contribution is 2.17. The molecule has 1 atom stereocenters. The third-order valence-corrected chi connectivity index (χ3v) is 2.83. The number of aliphatic carboxylic acids is 1. The monoisotopic (exact) mass is 266 g/mol. The second-order valence-electron chi connectivity index (χ2n) is 4.52. The summed E-state index contributed by atoms with van der Waals surface area (Å²) in [4.78, 5) is 22.2. The summed E-state index contributed by atoms with van der Waals surface area (Å²) in [7, 11) is 1.31. The van der Waals surface area contributed by atoms with Crippen molar-refractivity contribution in [3.63, 3.8) is 0 Å². The summed E-state index contributed by atoms with van der Waals surface area (Å²) in [6.45, 7) is 3.77. The van der Waals surface area contributed by atoms with Crippen molar-refractivity contribution in [2.24, 2.45) is 11.8 Å². The lowest BCUT2D eigenvalue weighted by Crippen LogP contribution is -2.26. The lowest BCUT2D eigenvalue weighted by atomic mass is 9.97. The molecule has 0 bridgehead atoms. The summed E-state index contributed by atoms with van der Waals surface area (Å²) in [6, 6.07) is 6.38. The number of benzene rings is 1. The molecule has 5 heteroatoms. The lowest BCUT2D eigenvalue weighted by molar-refractivity contribution is -0.144. The molecule has 0 aliphatic heterocycles. The number of carboxylic acids is 1. The minimum atomic E-state index is -0.874. The van der Waals surface area contributed by atoms with Gasteiger partial charge < -0.3 is 14.6 Å². The van der Waals surface area contributed by atoms with E-state index in [2.05, 4.69) is 4.74 Å². The molecule has 5 nitrogen and oxygen atoms in total. The van der Waals surface area contributed by atoms with Crippen molar-refractivity contribution in [1.82, 2.24) is 0 Å². The number of carbonyl (C=O) groups excluding carboxylic acids is 1. The summed E-state index contributed by atoms with van der Waals surface area (Å²) in [5.41, 5.74) is 0.425. The highest BCUT2D eigenvalue weighted by atomic mass is 16.5. The van der Waals surface area contributed by atoms with Gasteiger partial charge in [-0.25, -0.2) is 4.79 Å². The van der Waals surface area contributed by atoms with Gasteiger partial charge in [0, 0.05) is 0 Å². The van der Waals surface area contributed by atoms with E-state index < -0.39 is 17.9 Å². The fourth-order valence-electron chi connectivity index (χ4n) is 1.54. The van der Waals surface area contributed by atoms with E-state index in [1.807, 2.05) is 13.8 Å². The molecule has 0 saturated carbocycles. The predicted octanol–water partition coefficient (Wildman–Crippen LogP) is 2.21. The topological polar surface area (TPSA) is 72.8 Å². The summed E-state index contributed by atoms with van der Waals surface area (Å²) in [6.07, 6.45) is 0. The molecule has 1 rings (SSSR count). The van der Waals surface area contributed by atoms with Crippen LogP contribution in [0.3, 0.4) is 0 Å². The first-order chi connectivity index (χ1) is 8.95. The summed E-state index contributed by atoms with van der Waals surface area (Å²) >= 11 is 0. The molecule has 0 amide bonds. The summed E-state index contributed by atoms with van der Waals surface area (Å²) < 4.78 is 10.0. The Morgan fingerprint density at radius 3 is 2.21 bits per heavy atom. The second kappa shape index (κ2) is 6.78. The zero-order valence-corrected chi connectivity index (χ0v) is 11.3. The maximum Gasteiger partial charge on any atom is 0.337 e. The molecule has 0 heterocycles. The highest BCUT2D eigenvalue weighted by molar-refractivity contribution is 5.89. The quantitative estimate of drug-likeness (QED) is 0.799. The van der Waals surface area contributed by atoms with Crippen LogP contribution in [-0.4, -0.2) is 30.8 Å². The van der Waals surface area contributed by atoms with E-state index in [4.69, 9.17) is 9.84 Å². The van der Waals surface area contributed by atoms with Gasteiger partial charge in [-0.15, -0.1) is 0 Å². The van der Waals surface area contributed by atoms with Crippen molar-refractivity contribution in [3.05, 3.63) is 29.8 Å². The first-order valence-electron chi connectivity index (χ1n) is 5.99. The maximum absolute atomic E-state index is 11.2. The first-order valence-corrected chi connectivity index (χ1v) is 5.99. The minimum Gasteiger partial charge on any atom is -0.493 e. The maximum atomic E-state index is 11.2. The van der Waals surface area contributed by atoms with Crippen LogP contribution in [0.4, 0.5) is 0 Å². The molecule has 0 aliphatic rings. The number of ether oxygens (including phenoxy) is 2. The van der Waals surface area contributed by atoms with Crippen molar-refractivity contribution in [1.29, 1.82) is 0 Å². The number of hydrogen-bond donors (Lipinski definition) is 1. The molecule has 0 aromatic heterocycles. The van der Waals surface area contributed by atoms with E-state index in [-0.39, 0.29) is 12.5 Å². The standard InChI is InChI=1S/C14H18O5/c1-9(2)12(13(15)16)8-19-11-6-4-10(5-7-11)14(17)18-3/h4-7,9,12H,8H2,1-3H3,(H,15,16). The SMILES string of the molecule is COC(=O)c1ccc(OCC(C(=O)O)C(C)C)cc1. The predicted molar refractivity (Wildman–Crippen MR) is 69.2 cm³/mol. The van der Waals surface area contributed by atoms with Gasteiger partial charge in [0.15, 0.2) is 0 Å². The van der Waals surface area contributed by atoms with Crippen molar-refractivity contribution in [3.8, 4) is 5.75 Å². The molecule has 0 saturated heterocycles. The second-order valence-corrected chi connectivity index (χ2v) is 4.52. The highest BCUT2D eigenvalue weighted by Gasteiger charge is 2.22. The number of esters is 1. The third kappa shape index (κ3) is 4.28. The smallest absolute Gasteiger partial charge is 0.337 e. The molecule has 19 heavy (non-hydrogen) atoms. The zero-order valence-electron chi connectivity index (χ0n) is 11.3. The molecular weight excluding hydrogens is 248 g/mol. The van der Waals surface area contributed by atoms with Gasteiger partial charge in [-0.05, 0) is 30.2 Å². The molecule has 0 spiro atoms. The van der Waals surface area contributed by atoms with Crippen LogP contribution in [0.15, 0.2) is 24.3 Å². The van der Waals surface area contributed by atoms with Gasteiger partial charge in [-0.2, -0.15) is 0 Å². The van der Waals surface area contributed by atoms with Crippen LogP contribution in [0.5, 0.6) is 5.75 Å². The zero-order chi connectivity index (χ0) is 14.4. The van der Waals surface area contributed by atoms with Crippen molar-refractivity contribution in [2.45, 2.75) is 13.8 Å². The molecule has 1 N–H and O–H groups in total. The Morgan fingerprint density at radius 2 is 1.79 bits per heavy atom. The van der Waals surface area contributed by atoms with Crippen molar-refractivity contribution >= 4 is 11.9 Å². The van der Waals surface area contributed by atoms with Gasteiger partial charge in [0.1, 0.15) is 12.4 Å². The van der Waals surface area contributed by atoms with Crippen LogP contribution in [0.1, 0.15) is 24.2 Å². The van der Waals surface area contributed by atoms with Gasteiger partial charge in [0.2, 0.25) is 0 Å². The Balaban J connectivity index is 2.63. The third-order valence-electron chi connectivity index (χ3n) is 2.83. The van der Waals surface area contributed by atoms with Crippen LogP contribution in [0.2, 0.25) is 0 Å². The van der Waals surface area contributed by atoms with E-state index in [0.29, 0.717) is 11.3 Å². The average molecular weight is 266 g/mol. The van der Waals surface area contributed by atoms with Crippen LogP contribution < -0.4 is 4.74 Å². The summed E-state index contributed by atoms with van der Waals surface area (Å²) in [5, 5.41) is 9.03. The molecule has 0 radical (unpaired) electrons. The fraction of sp³-hybridized carbons (Fsp3) is 0.429. The molecule has 1 unspecified atom stereocenters. The number of methoxy groups -OCH3 is 1. The van der Waals surface area contributed by atoms with E-state index in [0.717, 1.165) is 0 Å². The Morgan fingerprint density at radius 1 is 1.21 bits per heavy atom. The van der Waals surface area contributed by atoms with E-state index in [1.54, 1.807) is 24.3 Å². The minimum absolute atomic E-state index is 0.00755. The fourth-order valence-corrected chi connectivity index (χ4v) is 1.54. The molecular formula is C14H18O5. The Hall–Kier alpha value is -2.04. The van der Waals surface area contributed by atoms with Crippen molar-refractivity contribution < 1.29 is 24.2 Å². The average Bonchev–Trinajstić information content (AvgIpc) is 2.38. The van der Waals surface area contributed by atoms with E-state index in [9.17, 15) is 9.59 Å². The Kier molecular flexibility index (Phi) is 5.36. The van der Waals surface area contributed by atoms with Crippen LogP contribution >= 0.6 is 0 Å². The Bertz CT molecular complexity index is 436. The largest absolute Gasteiger partial charge is 0.493 e. The van der Waals surface area contributed by atoms with Gasteiger partial charge in [0.25, 0.3) is 0 Å². The molecule has 104 valence electrons. The van der Waals surface area contributed by atoms with Crippen LogP contribution in [0, 0.1) is 11.8 Å². The van der Waals surface area contributed by atoms with Gasteiger partial charge in [-0.3, -0.25) is 4.79 Å². The van der Waals surface area contributed by atoms with Gasteiger partial charge in [0.05, 0.1) is 18.6 Å². The van der Waals surface area contributed by atoms with Crippen molar-refractivity contribution in [2.75, 3.05) is 13.7 Å². The summed E-state index contributed by atoms with van der Waals surface area (Å²) in [5.74, 6) is -1.33. The number of rotatable bonds is 6. The normalized spacial score (nSPS) is 12.0. The number of carboxylic acid groups (broad SMARTS) is 1. The lowest BCUT2D eigenvalue weighted by Gasteiger charge is -2.16. The Labute approximate surface area is 112 Å². The van der Waals surface area contributed by atoms with E-state index in [1.165, 1.54) is 7.11 Å². The van der Waals surface area contributed by atoms with Gasteiger partial charge >= 0.3 is 11.9 Å². The molecule has 0 aliphatic carbocycles. The van der Waals surface area contributed by atoms with Crippen LogP contribution in [-0.2, 0) is 9.53 Å². The van der Waals surface area contributed by atoms with Crippen LogP contribution in [0.25, 0.3) is 0 Å². The molecule has 1 aromatic carbocycles. The number of carbonyl (C=O) groups is 2.